The zero-order chi connectivity index (χ0) is 45.0. The van der Waals surface area contributed by atoms with Gasteiger partial charge in [0.25, 0.3) is 0 Å². The van der Waals surface area contributed by atoms with Crippen LogP contribution in [-0.2, 0) is 5.41 Å². The molecule has 2 aliphatic rings. The summed E-state index contributed by atoms with van der Waals surface area (Å²) in [6.45, 7) is 0. The predicted octanol–water partition coefficient (Wildman–Crippen LogP) is 17.8. The van der Waals surface area contributed by atoms with Crippen molar-refractivity contribution in [3.63, 3.8) is 0 Å². The summed E-state index contributed by atoms with van der Waals surface area (Å²) in [5.74, 6) is 0. The van der Waals surface area contributed by atoms with Gasteiger partial charge in [0.2, 0.25) is 0 Å². The molecular formula is C67H45N. The molecule has 0 saturated heterocycles. The van der Waals surface area contributed by atoms with Gasteiger partial charge in [-0.1, -0.05) is 218 Å². The number of hydrogen-bond donors (Lipinski definition) is 0. The third kappa shape index (κ3) is 6.39. The molecule has 318 valence electrons. The minimum absolute atomic E-state index is 0.538. The molecule has 0 radical (unpaired) electrons. The largest absolute Gasteiger partial charge is 0.310 e. The van der Waals surface area contributed by atoms with Crippen LogP contribution in [0.2, 0.25) is 0 Å². The molecule has 0 bridgehead atoms. The fourth-order valence-corrected chi connectivity index (χ4v) is 11.3. The molecule has 13 rings (SSSR count). The summed E-state index contributed by atoms with van der Waals surface area (Å²) < 4.78 is 0. The average Bonchev–Trinajstić information content (AvgIpc) is 3.89. The second-order valence-corrected chi connectivity index (χ2v) is 18.0. The van der Waals surface area contributed by atoms with Gasteiger partial charge in [0.1, 0.15) is 0 Å². The quantitative estimate of drug-likeness (QED) is 0.147. The Morgan fingerprint density at radius 3 is 1.24 bits per heavy atom. The summed E-state index contributed by atoms with van der Waals surface area (Å²) in [6.07, 6.45) is 0. The average molecular weight is 864 g/mol. The summed E-state index contributed by atoms with van der Waals surface area (Å²) in [7, 11) is 0. The normalized spacial score (nSPS) is 12.5. The molecule has 0 aliphatic heterocycles. The Kier molecular flexibility index (Phi) is 9.47. The molecule has 0 N–H and O–H groups in total. The summed E-state index contributed by atoms with van der Waals surface area (Å²) in [5.41, 5.74) is 25.1. The van der Waals surface area contributed by atoms with Gasteiger partial charge in [-0.25, -0.2) is 0 Å². The van der Waals surface area contributed by atoms with Crippen LogP contribution < -0.4 is 4.90 Å². The van der Waals surface area contributed by atoms with Crippen molar-refractivity contribution in [2.45, 2.75) is 5.41 Å². The van der Waals surface area contributed by atoms with Gasteiger partial charge in [-0.05, 0) is 149 Å². The van der Waals surface area contributed by atoms with Crippen LogP contribution in [0.25, 0.3) is 77.9 Å². The highest BCUT2D eigenvalue weighted by atomic mass is 15.1. The van der Waals surface area contributed by atoms with E-state index in [-0.39, 0.29) is 0 Å². The van der Waals surface area contributed by atoms with Crippen LogP contribution in [0.15, 0.2) is 273 Å². The summed E-state index contributed by atoms with van der Waals surface area (Å²) in [4.78, 5) is 2.48. The standard InChI is InChI=1S/C67H45N/c1-5-20-46(21-6-1)50-28-19-29-55(43-50)68(66-35-18-15-30-57(66)49-26-11-4-12-27-49)56-37-38-60-61-44-51(54-41-52(47-22-7-2-8-23-47)40-53(42-54)48-24-9-3-10-25-48)36-39-64(61)67(65(60)45-56)62-33-16-13-31-58(62)59-32-14-17-34-63(59)67/h1-45H. The van der Waals surface area contributed by atoms with Crippen molar-refractivity contribution in [2.24, 2.45) is 0 Å². The maximum atomic E-state index is 2.51. The molecular weight excluding hydrogens is 819 g/mol. The Morgan fingerprint density at radius 1 is 0.206 bits per heavy atom. The molecule has 1 heteroatoms. The number of rotatable bonds is 8. The van der Waals surface area contributed by atoms with E-state index >= 15 is 0 Å². The molecule has 0 unspecified atom stereocenters. The van der Waals surface area contributed by atoms with Gasteiger partial charge in [-0.2, -0.15) is 0 Å². The minimum atomic E-state index is -0.538. The molecule has 0 heterocycles. The first kappa shape index (κ1) is 39.6. The van der Waals surface area contributed by atoms with E-state index in [2.05, 4.69) is 278 Å². The van der Waals surface area contributed by atoms with Crippen molar-refractivity contribution in [3.8, 4) is 77.9 Å². The van der Waals surface area contributed by atoms with Gasteiger partial charge >= 0.3 is 0 Å². The molecule has 0 fully saturated rings. The smallest absolute Gasteiger partial charge is 0.0726 e. The van der Waals surface area contributed by atoms with Gasteiger partial charge < -0.3 is 4.90 Å². The Bertz CT molecular complexity index is 3560. The molecule has 0 atom stereocenters. The fraction of sp³-hybridized carbons (Fsp3) is 0.0149. The van der Waals surface area contributed by atoms with Crippen LogP contribution in [0.1, 0.15) is 22.3 Å². The van der Waals surface area contributed by atoms with Crippen LogP contribution >= 0.6 is 0 Å². The van der Waals surface area contributed by atoms with Crippen molar-refractivity contribution < 1.29 is 0 Å². The van der Waals surface area contributed by atoms with E-state index in [9.17, 15) is 0 Å². The van der Waals surface area contributed by atoms with E-state index in [1.165, 1.54) is 100 Å². The van der Waals surface area contributed by atoms with Crippen molar-refractivity contribution in [3.05, 3.63) is 295 Å². The lowest BCUT2D eigenvalue weighted by Gasteiger charge is -2.33. The van der Waals surface area contributed by atoms with Crippen molar-refractivity contribution in [1.82, 2.24) is 0 Å². The van der Waals surface area contributed by atoms with Crippen molar-refractivity contribution in [1.29, 1.82) is 0 Å². The third-order valence-corrected chi connectivity index (χ3v) is 14.3. The molecule has 11 aromatic rings. The molecule has 0 saturated carbocycles. The van der Waals surface area contributed by atoms with E-state index in [1.54, 1.807) is 0 Å². The Morgan fingerprint density at radius 2 is 0.632 bits per heavy atom. The van der Waals surface area contributed by atoms with Crippen LogP contribution in [-0.4, -0.2) is 0 Å². The number of fused-ring (bicyclic) bond motifs is 10. The lowest BCUT2D eigenvalue weighted by atomic mass is 9.70. The molecule has 11 aromatic carbocycles. The van der Waals surface area contributed by atoms with Gasteiger partial charge in [-0.3, -0.25) is 0 Å². The molecule has 2 aliphatic carbocycles. The second-order valence-electron chi connectivity index (χ2n) is 18.0. The topological polar surface area (TPSA) is 3.24 Å². The Hall–Kier alpha value is -8.78. The van der Waals surface area contributed by atoms with E-state index < -0.39 is 5.41 Å². The number of para-hydroxylation sites is 1. The molecule has 0 amide bonds. The van der Waals surface area contributed by atoms with Crippen molar-refractivity contribution >= 4 is 17.1 Å². The summed E-state index contributed by atoms with van der Waals surface area (Å²) in [5, 5.41) is 0. The first-order valence-corrected chi connectivity index (χ1v) is 23.6. The SMILES string of the molecule is c1ccc(-c2cc(-c3ccccc3)cc(-c3ccc4c(c3)-c3ccc(N(c5cccc(-c6ccccc6)c5)c5ccccc5-c5ccccc5)cc3C43c4ccccc4-c4ccccc43)c2)cc1. The molecule has 1 nitrogen and oxygen atoms in total. The monoisotopic (exact) mass is 863 g/mol. The highest BCUT2D eigenvalue weighted by Crippen LogP contribution is 2.64. The maximum Gasteiger partial charge on any atom is 0.0726 e. The zero-order valence-corrected chi connectivity index (χ0v) is 37.4. The molecule has 68 heavy (non-hydrogen) atoms. The van der Waals surface area contributed by atoms with Gasteiger partial charge in [0, 0.05) is 16.9 Å². The highest BCUT2D eigenvalue weighted by Gasteiger charge is 2.52. The van der Waals surface area contributed by atoms with Crippen molar-refractivity contribution in [2.75, 3.05) is 4.90 Å². The summed E-state index contributed by atoms with van der Waals surface area (Å²) >= 11 is 0. The van der Waals surface area contributed by atoms with Crippen LogP contribution in [0, 0.1) is 0 Å². The molecule has 1 spiro atoms. The number of anilines is 3. The van der Waals surface area contributed by atoms with Gasteiger partial charge in [0.15, 0.2) is 0 Å². The number of hydrogen-bond acceptors (Lipinski definition) is 1. The van der Waals surface area contributed by atoms with E-state index in [4.69, 9.17) is 0 Å². The van der Waals surface area contributed by atoms with Crippen LogP contribution in [0.5, 0.6) is 0 Å². The van der Waals surface area contributed by atoms with Crippen LogP contribution in [0.4, 0.5) is 17.1 Å². The summed E-state index contributed by atoms with van der Waals surface area (Å²) in [6, 6.07) is 101. The molecule has 0 aromatic heterocycles. The van der Waals surface area contributed by atoms with E-state index in [0.29, 0.717) is 0 Å². The second kappa shape index (κ2) is 16.3. The number of nitrogens with zero attached hydrogens (tertiary/aromatic N) is 1. The van der Waals surface area contributed by atoms with E-state index in [1.807, 2.05) is 0 Å². The van der Waals surface area contributed by atoms with Crippen LogP contribution in [0.3, 0.4) is 0 Å². The van der Waals surface area contributed by atoms with E-state index in [0.717, 1.165) is 17.1 Å². The van der Waals surface area contributed by atoms with Gasteiger partial charge in [0.05, 0.1) is 11.1 Å². The number of benzene rings is 11. The Labute approximate surface area is 398 Å². The predicted molar refractivity (Wildman–Crippen MR) is 285 cm³/mol. The maximum absolute atomic E-state index is 2.51. The van der Waals surface area contributed by atoms with Gasteiger partial charge in [-0.15, -0.1) is 0 Å². The highest BCUT2D eigenvalue weighted by molar-refractivity contribution is 5.98. The fourth-order valence-electron chi connectivity index (χ4n) is 11.3. The first-order valence-electron chi connectivity index (χ1n) is 23.6. The lowest BCUT2D eigenvalue weighted by Crippen LogP contribution is -2.26. The Balaban J connectivity index is 1.06. The lowest BCUT2D eigenvalue weighted by molar-refractivity contribution is 0.794. The minimum Gasteiger partial charge on any atom is -0.310 e. The third-order valence-electron chi connectivity index (χ3n) is 14.3. The zero-order valence-electron chi connectivity index (χ0n) is 37.4. The first-order chi connectivity index (χ1) is 33.7.